The molecule has 0 saturated carbocycles. The zero-order chi connectivity index (χ0) is 27.0. The average Bonchev–Trinajstić information content (AvgIpc) is 3.38. The molecule has 202 valence electrons. The molecule has 0 aromatic heterocycles. The second kappa shape index (κ2) is 12.9. The minimum atomic E-state index is -3.63. The van der Waals surface area contributed by atoms with E-state index in [2.05, 4.69) is 11.8 Å². The lowest BCUT2D eigenvalue weighted by atomic mass is 10.0. The normalized spacial score (nSPS) is 17.0. The molecule has 0 unspecified atom stereocenters. The molecule has 2 N–H and O–H groups in total. The molecule has 37 heavy (non-hydrogen) atoms. The lowest BCUT2D eigenvalue weighted by Gasteiger charge is -2.20. The number of benzene rings is 2. The van der Waals surface area contributed by atoms with Crippen LogP contribution >= 0.6 is 0 Å². The van der Waals surface area contributed by atoms with Gasteiger partial charge in [-0.25, -0.2) is 8.42 Å². The van der Waals surface area contributed by atoms with Crippen LogP contribution in [0.25, 0.3) is 0 Å². The summed E-state index contributed by atoms with van der Waals surface area (Å²) >= 11 is 0. The molecule has 0 spiro atoms. The third kappa shape index (κ3) is 6.80. The number of rotatable bonds is 11. The number of ether oxygens (including phenoxy) is 6. The van der Waals surface area contributed by atoms with Gasteiger partial charge in [0.25, 0.3) is 0 Å². The van der Waals surface area contributed by atoms with E-state index >= 15 is 0 Å². The van der Waals surface area contributed by atoms with E-state index in [1.807, 2.05) is 19.1 Å². The van der Waals surface area contributed by atoms with Gasteiger partial charge in [-0.3, -0.25) is 0 Å². The zero-order valence-corrected chi connectivity index (χ0v) is 22.8. The highest BCUT2D eigenvalue weighted by Crippen LogP contribution is 2.47. The van der Waals surface area contributed by atoms with E-state index < -0.39 is 9.84 Å². The molecule has 2 aromatic carbocycles. The largest absolute Gasteiger partial charge is 0.493 e. The summed E-state index contributed by atoms with van der Waals surface area (Å²) in [5.41, 5.74) is 6.99. The maximum Gasteiger partial charge on any atom is 0.203 e. The van der Waals surface area contributed by atoms with Crippen LogP contribution in [0, 0.1) is 11.8 Å². The third-order valence-corrected chi connectivity index (χ3v) is 6.97. The summed E-state index contributed by atoms with van der Waals surface area (Å²) < 4.78 is 59.9. The Morgan fingerprint density at radius 1 is 0.892 bits per heavy atom. The number of hydrogen-bond donors (Lipinski definition) is 1. The standard InChI is InChI=1S/C27H35NO8S/c1-6-12-35-27-24(34-13-8-7-11-28)16-19(17-25(27)37(5,29)30)21-10-9-20(36-21)18-14-22(31-2)26(33-4)23(15-18)32-3/h14-17,20-21H,6,9-13,28H2,1-5H3/t20-,21-/m1/s1. The van der Waals surface area contributed by atoms with E-state index in [-0.39, 0.29) is 36.0 Å². The van der Waals surface area contributed by atoms with Crippen LogP contribution in [0.5, 0.6) is 28.7 Å². The zero-order valence-electron chi connectivity index (χ0n) is 22.0. The molecule has 2 aromatic rings. The molecule has 0 radical (unpaired) electrons. The van der Waals surface area contributed by atoms with Crippen molar-refractivity contribution in [3.8, 4) is 40.6 Å². The van der Waals surface area contributed by atoms with E-state index in [9.17, 15) is 8.42 Å². The first-order valence-electron chi connectivity index (χ1n) is 12.0. The molecule has 9 nitrogen and oxygen atoms in total. The Balaban J connectivity index is 1.98. The van der Waals surface area contributed by atoms with Crippen molar-refractivity contribution in [2.24, 2.45) is 5.73 Å². The molecule has 2 atom stereocenters. The second-order valence-electron chi connectivity index (χ2n) is 8.46. The Kier molecular flexibility index (Phi) is 9.92. The van der Waals surface area contributed by atoms with Gasteiger partial charge in [0.1, 0.15) is 11.5 Å². The monoisotopic (exact) mass is 533 g/mol. The molecule has 0 amide bonds. The first-order valence-corrected chi connectivity index (χ1v) is 13.9. The van der Waals surface area contributed by atoms with Crippen LogP contribution in [0.1, 0.15) is 49.5 Å². The number of methoxy groups -OCH3 is 3. The van der Waals surface area contributed by atoms with E-state index in [4.69, 9.17) is 34.2 Å². The smallest absolute Gasteiger partial charge is 0.203 e. The Labute approximate surface area is 219 Å². The molecule has 10 heteroatoms. The van der Waals surface area contributed by atoms with Gasteiger partial charge in [0.15, 0.2) is 32.8 Å². The topological polar surface area (TPSA) is 116 Å². The Morgan fingerprint density at radius 3 is 2.00 bits per heavy atom. The summed E-state index contributed by atoms with van der Waals surface area (Å²) in [6, 6.07) is 7.11. The molecule has 0 bridgehead atoms. The lowest BCUT2D eigenvalue weighted by molar-refractivity contribution is 0.0435. The maximum absolute atomic E-state index is 12.7. The molecular weight excluding hydrogens is 498 g/mol. The van der Waals surface area contributed by atoms with Crippen LogP contribution in [0.2, 0.25) is 0 Å². The van der Waals surface area contributed by atoms with Gasteiger partial charge >= 0.3 is 0 Å². The van der Waals surface area contributed by atoms with Crippen LogP contribution in [0.4, 0.5) is 0 Å². The van der Waals surface area contributed by atoms with Crippen LogP contribution < -0.4 is 29.4 Å². The molecule has 0 aliphatic carbocycles. The molecular formula is C27H35NO8S. The quantitative estimate of drug-likeness (QED) is 0.430. The average molecular weight is 534 g/mol. The van der Waals surface area contributed by atoms with Gasteiger partial charge in [-0.2, -0.15) is 0 Å². The first kappa shape index (κ1) is 28.4. The molecule has 1 fully saturated rings. The maximum atomic E-state index is 12.7. The highest BCUT2D eigenvalue weighted by Gasteiger charge is 2.32. The Hall–Kier alpha value is -3.13. The number of sulfone groups is 1. The summed E-state index contributed by atoms with van der Waals surface area (Å²) in [6.45, 7) is 2.54. The number of hydrogen-bond acceptors (Lipinski definition) is 9. The Bertz CT molecular complexity index is 1220. The fourth-order valence-electron chi connectivity index (χ4n) is 4.16. The van der Waals surface area contributed by atoms with E-state index in [1.54, 1.807) is 33.5 Å². The van der Waals surface area contributed by atoms with Gasteiger partial charge < -0.3 is 34.2 Å². The predicted octanol–water partition coefficient (Wildman–Crippen LogP) is 3.84. The minimum absolute atomic E-state index is 0.0475. The fourth-order valence-corrected chi connectivity index (χ4v) is 5.01. The highest BCUT2D eigenvalue weighted by atomic mass is 32.2. The van der Waals surface area contributed by atoms with Gasteiger partial charge in [0.2, 0.25) is 5.75 Å². The van der Waals surface area contributed by atoms with Gasteiger partial charge in [0, 0.05) is 6.26 Å². The van der Waals surface area contributed by atoms with Crippen LogP contribution in [0.3, 0.4) is 0 Å². The molecule has 1 aliphatic rings. The molecule has 3 rings (SSSR count). The van der Waals surface area contributed by atoms with Crippen LogP contribution in [-0.2, 0) is 14.6 Å². The summed E-state index contributed by atoms with van der Waals surface area (Å²) in [7, 11) is 1.05. The first-order chi connectivity index (χ1) is 17.8. The van der Waals surface area contributed by atoms with Crippen molar-refractivity contribution < 1.29 is 36.8 Å². The highest BCUT2D eigenvalue weighted by molar-refractivity contribution is 7.90. The van der Waals surface area contributed by atoms with Crippen molar-refractivity contribution in [1.29, 1.82) is 0 Å². The van der Waals surface area contributed by atoms with Crippen molar-refractivity contribution >= 4 is 9.84 Å². The second-order valence-corrected chi connectivity index (χ2v) is 10.4. The number of nitrogens with two attached hydrogens (primary N) is 1. The summed E-state index contributed by atoms with van der Waals surface area (Å²) in [5, 5.41) is 0. The van der Waals surface area contributed by atoms with Crippen molar-refractivity contribution in [3.63, 3.8) is 0 Å². The van der Waals surface area contributed by atoms with Gasteiger partial charge in [-0.1, -0.05) is 18.8 Å². The van der Waals surface area contributed by atoms with Crippen LogP contribution in [0.15, 0.2) is 29.2 Å². The summed E-state index contributed by atoms with van der Waals surface area (Å²) in [6.07, 6.45) is 2.63. The summed E-state index contributed by atoms with van der Waals surface area (Å²) in [5.74, 6) is 7.60. The van der Waals surface area contributed by atoms with E-state index in [0.717, 1.165) is 11.8 Å². The molecule has 1 heterocycles. The Morgan fingerprint density at radius 2 is 1.49 bits per heavy atom. The minimum Gasteiger partial charge on any atom is -0.493 e. The third-order valence-electron chi connectivity index (χ3n) is 5.87. The van der Waals surface area contributed by atoms with Crippen molar-refractivity contribution in [2.75, 3.05) is 47.3 Å². The van der Waals surface area contributed by atoms with Crippen molar-refractivity contribution in [1.82, 2.24) is 0 Å². The molecule has 1 saturated heterocycles. The lowest BCUT2D eigenvalue weighted by Crippen LogP contribution is -2.10. The van der Waals surface area contributed by atoms with Crippen LogP contribution in [-0.4, -0.2) is 55.8 Å². The summed E-state index contributed by atoms with van der Waals surface area (Å²) in [4.78, 5) is 0.0556. The predicted molar refractivity (Wildman–Crippen MR) is 140 cm³/mol. The van der Waals surface area contributed by atoms with Gasteiger partial charge in [-0.05, 0) is 54.7 Å². The van der Waals surface area contributed by atoms with Gasteiger partial charge in [-0.15, -0.1) is 0 Å². The van der Waals surface area contributed by atoms with E-state index in [0.29, 0.717) is 54.4 Å². The molecule has 1 aliphatic heterocycles. The van der Waals surface area contributed by atoms with E-state index in [1.165, 1.54) is 0 Å². The fraction of sp³-hybridized carbons (Fsp3) is 0.481. The van der Waals surface area contributed by atoms with Gasteiger partial charge in [0.05, 0.1) is 46.7 Å². The van der Waals surface area contributed by atoms with Crippen molar-refractivity contribution in [2.45, 2.75) is 43.3 Å². The van der Waals surface area contributed by atoms with Crippen molar-refractivity contribution in [3.05, 3.63) is 35.4 Å². The SMILES string of the molecule is CCCOc1c(OCC#CCN)cc([C@H]2CC[C@H](c3cc(OC)c(OC)c(OC)c3)O2)cc1S(C)(=O)=O.